The zero-order chi connectivity index (χ0) is 20.1. The smallest absolute Gasteiger partial charge is 0.334 e. The third-order valence-corrected chi connectivity index (χ3v) is 5.53. The zero-order valence-electron chi connectivity index (χ0n) is 15.4. The number of hydrogen-bond acceptors (Lipinski definition) is 5. The van der Waals surface area contributed by atoms with E-state index in [1.54, 1.807) is 24.3 Å². The summed E-state index contributed by atoms with van der Waals surface area (Å²) in [5.74, 6) is -1.26. The van der Waals surface area contributed by atoms with Crippen LogP contribution in [-0.2, 0) is 20.9 Å². The van der Waals surface area contributed by atoms with Crippen molar-refractivity contribution >= 4 is 11.9 Å². The molecule has 0 radical (unpaired) electrons. The van der Waals surface area contributed by atoms with Gasteiger partial charge in [0.25, 0.3) is 0 Å². The van der Waals surface area contributed by atoms with Gasteiger partial charge in [-0.15, -0.1) is 0 Å². The molecule has 0 bridgehead atoms. The number of β-lactam (4-membered cyclic amide) rings is 1. The van der Waals surface area contributed by atoms with E-state index in [0.29, 0.717) is 11.3 Å². The number of aromatic nitrogens is 1. The van der Waals surface area contributed by atoms with Gasteiger partial charge in [-0.25, -0.2) is 4.79 Å². The number of hydrogen-bond donors (Lipinski definition) is 2. The zero-order valence-corrected chi connectivity index (χ0v) is 15.4. The molecule has 0 spiro atoms. The molecule has 146 valence electrons. The molecule has 29 heavy (non-hydrogen) atoms. The van der Waals surface area contributed by atoms with Crippen molar-refractivity contribution in [1.82, 2.24) is 9.47 Å². The molecule has 1 aromatic heterocycles. The van der Waals surface area contributed by atoms with E-state index in [1.807, 2.05) is 36.4 Å². The Balaban J connectivity index is 1.53. The van der Waals surface area contributed by atoms with Crippen LogP contribution in [0.1, 0.15) is 35.2 Å². The van der Waals surface area contributed by atoms with Crippen molar-refractivity contribution in [2.75, 3.05) is 0 Å². The Morgan fingerprint density at radius 3 is 2.24 bits per heavy atom. The van der Waals surface area contributed by atoms with E-state index in [2.05, 4.69) is 0 Å². The molecule has 1 amide bonds. The van der Waals surface area contributed by atoms with Crippen LogP contribution >= 0.6 is 0 Å². The average Bonchev–Trinajstić information content (AvgIpc) is 3.16. The van der Waals surface area contributed by atoms with Gasteiger partial charge >= 0.3 is 5.97 Å². The molecule has 5 rings (SSSR count). The predicted octanol–water partition coefficient (Wildman–Crippen LogP) is 2.96. The Morgan fingerprint density at radius 2 is 1.59 bits per heavy atom. The molecule has 2 atom stereocenters. The minimum absolute atomic E-state index is 0.0599. The first kappa shape index (κ1) is 17.4. The quantitative estimate of drug-likeness (QED) is 0.528. The van der Waals surface area contributed by atoms with Crippen molar-refractivity contribution in [3.05, 3.63) is 77.4 Å². The first-order valence-electron chi connectivity index (χ1n) is 9.31. The fourth-order valence-corrected chi connectivity index (χ4v) is 4.18. The number of aromatic hydroxyl groups is 2. The summed E-state index contributed by atoms with van der Waals surface area (Å²) < 4.78 is 6.74. The Morgan fingerprint density at radius 1 is 0.966 bits per heavy atom. The number of amides is 1. The number of nitrogens with zero attached hydrogens (tertiary/aromatic N) is 2. The van der Waals surface area contributed by atoms with Crippen LogP contribution in [0.15, 0.2) is 60.7 Å². The van der Waals surface area contributed by atoms with Crippen molar-refractivity contribution in [2.45, 2.75) is 25.1 Å². The van der Waals surface area contributed by atoms with Gasteiger partial charge in [-0.1, -0.05) is 48.5 Å². The lowest BCUT2D eigenvalue weighted by Gasteiger charge is -2.38. The second kappa shape index (κ2) is 6.41. The van der Waals surface area contributed by atoms with E-state index in [-0.39, 0.29) is 36.3 Å². The minimum Gasteiger partial charge on any atom is -0.494 e. The molecule has 1 fully saturated rings. The Bertz CT molecular complexity index is 1110. The van der Waals surface area contributed by atoms with Crippen LogP contribution in [-0.4, -0.2) is 31.6 Å². The van der Waals surface area contributed by atoms with Gasteiger partial charge in [0.05, 0.1) is 23.7 Å². The monoisotopic (exact) mass is 390 g/mol. The van der Waals surface area contributed by atoms with Crippen LogP contribution in [0.5, 0.6) is 11.8 Å². The molecule has 2 N–H and O–H groups in total. The molecule has 2 aliphatic heterocycles. The van der Waals surface area contributed by atoms with Crippen LogP contribution in [0, 0.1) is 0 Å². The third-order valence-electron chi connectivity index (χ3n) is 5.53. The normalized spacial score (nSPS) is 19.4. The molecule has 3 aromatic rings. The summed E-state index contributed by atoms with van der Waals surface area (Å²) >= 11 is 0. The number of para-hydroxylation sites is 1. The van der Waals surface area contributed by atoms with E-state index >= 15 is 0 Å². The number of esters is 1. The van der Waals surface area contributed by atoms with Crippen LogP contribution < -0.4 is 0 Å². The summed E-state index contributed by atoms with van der Waals surface area (Å²) in [4.78, 5) is 26.5. The summed E-state index contributed by atoms with van der Waals surface area (Å²) in [5, 5.41) is 21.7. The maximum atomic E-state index is 12.9. The molecular weight excluding hydrogens is 372 g/mol. The largest absolute Gasteiger partial charge is 0.494 e. The second-order valence-electron chi connectivity index (χ2n) is 7.16. The van der Waals surface area contributed by atoms with Crippen LogP contribution in [0.3, 0.4) is 0 Å². The van der Waals surface area contributed by atoms with E-state index in [4.69, 9.17) is 4.74 Å². The molecule has 2 aliphatic rings. The number of carbonyl (C=O) groups is 2. The summed E-state index contributed by atoms with van der Waals surface area (Å²) in [6.07, 6.45) is 0.182. The number of carbonyl (C=O) groups excluding carboxylic acids is 2. The molecule has 3 heterocycles. The van der Waals surface area contributed by atoms with E-state index in [0.717, 1.165) is 5.56 Å². The molecule has 7 nitrogen and oxygen atoms in total. The maximum Gasteiger partial charge on any atom is 0.334 e. The molecule has 0 saturated carbocycles. The molecule has 0 aliphatic carbocycles. The van der Waals surface area contributed by atoms with Gasteiger partial charge in [0.1, 0.15) is 6.61 Å². The minimum atomic E-state index is -1.07. The first-order chi connectivity index (χ1) is 14.1. The maximum absolute atomic E-state index is 12.9. The van der Waals surface area contributed by atoms with Crippen LogP contribution in [0.2, 0.25) is 0 Å². The summed E-state index contributed by atoms with van der Waals surface area (Å²) in [7, 11) is 0. The first-order valence-corrected chi connectivity index (χ1v) is 9.31. The second-order valence-corrected chi connectivity index (χ2v) is 7.16. The number of fused-ring (bicyclic) bond motifs is 3. The van der Waals surface area contributed by atoms with Gasteiger partial charge in [-0.2, -0.15) is 0 Å². The number of benzene rings is 2. The molecule has 1 saturated heterocycles. The molecule has 2 aromatic carbocycles. The molecular formula is C22H18N2O5. The van der Waals surface area contributed by atoms with Crippen molar-refractivity contribution in [2.24, 2.45) is 0 Å². The number of ether oxygens (including phenoxy) is 1. The van der Waals surface area contributed by atoms with Gasteiger partial charge < -0.3 is 19.8 Å². The standard InChI is InChI=1S/C22H18N2O5/c25-16-11-15-17-18(21(27)23(20(17)26)14-9-5-2-6-10-14)19(24(15)16)22(28)29-12-13-7-3-1-4-8-13/h1-10,15,19,26-27H,11-12H2/t15-,19+/m0/s1. The van der Waals surface area contributed by atoms with E-state index in [9.17, 15) is 19.8 Å². The third kappa shape index (κ3) is 2.51. The van der Waals surface area contributed by atoms with Gasteiger partial charge in [0.15, 0.2) is 6.04 Å². The van der Waals surface area contributed by atoms with Gasteiger partial charge in [-0.3, -0.25) is 9.36 Å². The van der Waals surface area contributed by atoms with Gasteiger partial charge in [0, 0.05) is 5.56 Å². The summed E-state index contributed by atoms with van der Waals surface area (Å²) in [6, 6.07) is 16.6. The van der Waals surface area contributed by atoms with E-state index in [1.165, 1.54) is 9.47 Å². The SMILES string of the molecule is O=C(OCc1ccccc1)[C@H]1c2c(c(O)n(-c3ccccc3)c2O)[C@@H]2CC(=O)N21. The van der Waals surface area contributed by atoms with Crippen molar-refractivity contribution in [1.29, 1.82) is 0 Å². The highest BCUT2D eigenvalue weighted by Gasteiger charge is 2.57. The lowest BCUT2D eigenvalue weighted by molar-refractivity contribution is -0.164. The van der Waals surface area contributed by atoms with Crippen LogP contribution in [0.4, 0.5) is 0 Å². The summed E-state index contributed by atoms with van der Waals surface area (Å²) in [5.41, 5.74) is 2.03. The average molecular weight is 390 g/mol. The molecule has 0 unspecified atom stereocenters. The number of rotatable bonds is 4. The lowest BCUT2D eigenvalue weighted by atomic mass is 9.99. The highest BCUT2D eigenvalue weighted by molar-refractivity contribution is 5.94. The van der Waals surface area contributed by atoms with Gasteiger partial charge in [0.2, 0.25) is 17.7 Å². The summed E-state index contributed by atoms with van der Waals surface area (Å²) in [6.45, 7) is 0.0599. The lowest BCUT2D eigenvalue weighted by Crippen LogP contribution is -2.46. The highest BCUT2D eigenvalue weighted by Crippen LogP contribution is 2.58. The predicted molar refractivity (Wildman–Crippen MR) is 102 cm³/mol. The highest BCUT2D eigenvalue weighted by atomic mass is 16.5. The Kier molecular flexibility index (Phi) is 3.84. The van der Waals surface area contributed by atoms with E-state index < -0.39 is 18.1 Å². The molecule has 7 heteroatoms. The fraction of sp³-hybridized carbons (Fsp3) is 0.182. The Labute approximate surface area is 166 Å². The van der Waals surface area contributed by atoms with Crippen molar-refractivity contribution in [3.8, 4) is 17.4 Å². The van der Waals surface area contributed by atoms with Crippen molar-refractivity contribution < 1.29 is 24.5 Å². The Hall–Kier alpha value is -3.74. The van der Waals surface area contributed by atoms with Crippen LogP contribution in [0.25, 0.3) is 5.69 Å². The van der Waals surface area contributed by atoms with Gasteiger partial charge in [-0.05, 0) is 17.7 Å². The van der Waals surface area contributed by atoms with Crippen molar-refractivity contribution in [3.63, 3.8) is 0 Å². The topological polar surface area (TPSA) is 92.0 Å². The fourth-order valence-electron chi connectivity index (χ4n) is 4.18.